The van der Waals surface area contributed by atoms with Crippen LogP contribution >= 0.6 is 27.3 Å². The lowest BCUT2D eigenvalue weighted by Crippen LogP contribution is -2.24. The minimum absolute atomic E-state index is 0.168. The lowest BCUT2D eigenvalue weighted by atomic mass is 10.1. The second-order valence-electron chi connectivity index (χ2n) is 5.36. The molecule has 0 atom stereocenters. The molecule has 24 heavy (non-hydrogen) atoms. The summed E-state index contributed by atoms with van der Waals surface area (Å²) in [6, 6.07) is 9.28. The van der Waals surface area contributed by atoms with Gasteiger partial charge in [0.15, 0.2) is 9.56 Å². The summed E-state index contributed by atoms with van der Waals surface area (Å²) in [6.45, 7) is 0.320. The first-order valence-electron chi connectivity index (χ1n) is 7.08. The molecule has 3 aromatic heterocycles. The van der Waals surface area contributed by atoms with E-state index in [4.69, 9.17) is 5.26 Å². The maximum Gasteiger partial charge on any atom is 0.291 e. The van der Waals surface area contributed by atoms with Gasteiger partial charge in [0.25, 0.3) is 5.56 Å². The number of hydrogen-bond donors (Lipinski definition) is 0. The zero-order chi connectivity index (χ0) is 16.8. The summed E-state index contributed by atoms with van der Waals surface area (Å²) in [5.41, 5.74) is 2.61. The Bertz CT molecular complexity index is 1200. The summed E-state index contributed by atoms with van der Waals surface area (Å²) < 4.78 is 4.94. The second kappa shape index (κ2) is 5.54. The standard InChI is InChI=1S/C16H10BrN5OS/c1-21-12-11(13-14(21)20-16(17)24-13)7-19-22(15(12)23)8-10-4-2-3-9(5-10)6-18/h2-5,7H,8H2,1H3. The van der Waals surface area contributed by atoms with Crippen molar-refractivity contribution in [3.63, 3.8) is 0 Å². The van der Waals surface area contributed by atoms with Crippen LogP contribution in [0.2, 0.25) is 0 Å². The molecule has 4 aromatic rings. The van der Waals surface area contributed by atoms with Crippen LogP contribution in [-0.2, 0) is 13.6 Å². The van der Waals surface area contributed by atoms with Gasteiger partial charge in [-0.3, -0.25) is 4.79 Å². The third-order valence-corrected chi connectivity index (χ3v) is 5.42. The van der Waals surface area contributed by atoms with Gasteiger partial charge in [-0.25, -0.2) is 9.67 Å². The number of thiazole rings is 1. The molecule has 4 rings (SSSR count). The van der Waals surface area contributed by atoms with Gasteiger partial charge in [-0.15, -0.1) is 11.3 Å². The van der Waals surface area contributed by atoms with Crippen LogP contribution in [0.15, 0.2) is 39.2 Å². The monoisotopic (exact) mass is 399 g/mol. The Hall–Kier alpha value is -2.50. The molecule has 0 saturated heterocycles. The predicted molar refractivity (Wildman–Crippen MR) is 96.1 cm³/mol. The van der Waals surface area contributed by atoms with Gasteiger partial charge in [-0.2, -0.15) is 10.4 Å². The van der Waals surface area contributed by atoms with Crippen molar-refractivity contribution in [2.75, 3.05) is 0 Å². The highest BCUT2D eigenvalue weighted by molar-refractivity contribution is 9.11. The normalized spacial score (nSPS) is 11.2. The molecular weight excluding hydrogens is 390 g/mol. The number of fused-ring (bicyclic) bond motifs is 3. The van der Waals surface area contributed by atoms with Crippen molar-refractivity contribution in [1.82, 2.24) is 19.3 Å². The largest absolute Gasteiger partial charge is 0.323 e. The smallest absolute Gasteiger partial charge is 0.291 e. The third kappa shape index (κ3) is 2.25. The first kappa shape index (κ1) is 15.1. The molecule has 0 unspecified atom stereocenters. The summed E-state index contributed by atoms with van der Waals surface area (Å²) in [5, 5.41) is 14.1. The highest BCUT2D eigenvalue weighted by Crippen LogP contribution is 2.32. The zero-order valence-electron chi connectivity index (χ0n) is 12.5. The predicted octanol–water partition coefficient (Wildman–Crippen LogP) is 3.03. The van der Waals surface area contributed by atoms with E-state index >= 15 is 0 Å². The summed E-state index contributed by atoms with van der Waals surface area (Å²) in [7, 11) is 1.83. The molecule has 0 aliphatic heterocycles. The van der Waals surface area contributed by atoms with E-state index < -0.39 is 0 Å². The van der Waals surface area contributed by atoms with Crippen LogP contribution in [0.5, 0.6) is 0 Å². The lowest BCUT2D eigenvalue weighted by Gasteiger charge is -2.06. The Morgan fingerprint density at radius 1 is 1.42 bits per heavy atom. The minimum atomic E-state index is -0.168. The quantitative estimate of drug-likeness (QED) is 0.518. The van der Waals surface area contributed by atoms with Crippen molar-refractivity contribution in [2.45, 2.75) is 6.54 Å². The average molecular weight is 400 g/mol. The molecule has 6 nitrogen and oxygen atoms in total. The molecule has 118 valence electrons. The van der Waals surface area contributed by atoms with Gasteiger partial charge in [0, 0.05) is 12.4 Å². The molecule has 0 N–H and O–H groups in total. The summed E-state index contributed by atoms with van der Waals surface area (Å²) in [4.78, 5) is 17.3. The molecule has 8 heteroatoms. The molecular formula is C16H10BrN5OS. The van der Waals surface area contributed by atoms with Gasteiger partial charge < -0.3 is 4.57 Å². The molecule has 1 aromatic carbocycles. The fourth-order valence-electron chi connectivity index (χ4n) is 2.79. The summed E-state index contributed by atoms with van der Waals surface area (Å²) in [5.74, 6) is 0. The van der Waals surface area contributed by atoms with Crippen molar-refractivity contribution in [3.8, 4) is 6.07 Å². The van der Waals surface area contributed by atoms with Gasteiger partial charge in [-0.05, 0) is 33.6 Å². The molecule has 0 fully saturated rings. The van der Waals surface area contributed by atoms with Crippen LogP contribution in [0, 0.1) is 11.3 Å². The number of aryl methyl sites for hydroxylation is 1. The van der Waals surface area contributed by atoms with E-state index in [2.05, 4.69) is 32.1 Å². The molecule has 0 amide bonds. The number of rotatable bonds is 2. The summed E-state index contributed by atoms with van der Waals surface area (Å²) >= 11 is 4.86. The highest BCUT2D eigenvalue weighted by atomic mass is 79.9. The van der Waals surface area contributed by atoms with E-state index in [1.54, 1.807) is 29.0 Å². The van der Waals surface area contributed by atoms with Gasteiger partial charge in [-0.1, -0.05) is 12.1 Å². The van der Waals surface area contributed by atoms with E-state index in [1.165, 1.54) is 16.0 Å². The molecule has 3 heterocycles. The Kier molecular flexibility index (Phi) is 3.48. The van der Waals surface area contributed by atoms with Crippen molar-refractivity contribution >= 4 is 48.5 Å². The van der Waals surface area contributed by atoms with Crippen LogP contribution in [-0.4, -0.2) is 19.3 Å². The Morgan fingerprint density at radius 2 is 2.25 bits per heavy atom. The van der Waals surface area contributed by atoms with Gasteiger partial charge >= 0.3 is 0 Å². The Morgan fingerprint density at radius 3 is 3.04 bits per heavy atom. The molecule has 0 spiro atoms. The molecule has 0 aliphatic carbocycles. The first-order valence-corrected chi connectivity index (χ1v) is 8.69. The first-order chi connectivity index (χ1) is 11.6. The van der Waals surface area contributed by atoms with Crippen LogP contribution in [0.3, 0.4) is 0 Å². The minimum Gasteiger partial charge on any atom is -0.323 e. The van der Waals surface area contributed by atoms with E-state index in [0.717, 1.165) is 25.2 Å². The number of halogens is 1. The van der Waals surface area contributed by atoms with Crippen molar-refractivity contribution < 1.29 is 0 Å². The maximum atomic E-state index is 12.8. The topological polar surface area (TPSA) is 76.5 Å². The average Bonchev–Trinajstić information content (AvgIpc) is 3.08. The van der Waals surface area contributed by atoms with Crippen molar-refractivity contribution in [1.29, 1.82) is 5.26 Å². The SMILES string of the molecule is Cn1c2nc(Br)sc2c2cnn(Cc3cccc(C#N)c3)c(=O)c21. The van der Waals surface area contributed by atoms with E-state index in [-0.39, 0.29) is 5.56 Å². The second-order valence-corrected chi connectivity index (χ2v) is 7.64. The van der Waals surface area contributed by atoms with E-state index in [1.807, 2.05) is 13.1 Å². The Balaban J connectivity index is 1.88. The number of nitriles is 1. The van der Waals surface area contributed by atoms with Crippen LogP contribution in [0.25, 0.3) is 21.3 Å². The number of hydrogen-bond acceptors (Lipinski definition) is 5. The fourth-order valence-corrected chi connectivity index (χ4v) is 4.28. The molecule has 0 saturated carbocycles. The van der Waals surface area contributed by atoms with Crippen LogP contribution < -0.4 is 5.56 Å². The van der Waals surface area contributed by atoms with Crippen molar-refractivity contribution in [3.05, 3.63) is 55.9 Å². The van der Waals surface area contributed by atoms with Crippen molar-refractivity contribution in [2.24, 2.45) is 7.05 Å². The molecule has 0 aliphatic rings. The highest BCUT2D eigenvalue weighted by Gasteiger charge is 2.17. The fraction of sp³-hybridized carbons (Fsp3) is 0.125. The summed E-state index contributed by atoms with van der Waals surface area (Å²) in [6.07, 6.45) is 1.71. The number of nitrogens with zero attached hydrogens (tertiary/aromatic N) is 5. The number of aromatic nitrogens is 4. The molecule has 0 radical (unpaired) electrons. The third-order valence-electron chi connectivity index (χ3n) is 3.89. The van der Waals surface area contributed by atoms with Crippen LogP contribution in [0.1, 0.15) is 11.1 Å². The maximum absolute atomic E-state index is 12.8. The van der Waals surface area contributed by atoms with E-state index in [9.17, 15) is 4.79 Å². The van der Waals surface area contributed by atoms with E-state index in [0.29, 0.717) is 17.6 Å². The molecule has 0 bridgehead atoms. The zero-order valence-corrected chi connectivity index (χ0v) is 14.9. The van der Waals surface area contributed by atoms with Gasteiger partial charge in [0.1, 0.15) is 5.52 Å². The lowest BCUT2D eigenvalue weighted by molar-refractivity contribution is 0.644. The van der Waals surface area contributed by atoms with Gasteiger partial charge in [0.2, 0.25) is 0 Å². The Labute approximate surface area is 148 Å². The number of benzene rings is 1. The van der Waals surface area contributed by atoms with Gasteiger partial charge in [0.05, 0.1) is 29.1 Å². The van der Waals surface area contributed by atoms with Crippen LogP contribution in [0.4, 0.5) is 0 Å².